The molecule has 1 aliphatic rings. The second-order valence-corrected chi connectivity index (χ2v) is 7.27. The molecule has 3 rings (SSSR count). The molecule has 4 nitrogen and oxygen atoms in total. The Kier molecular flexibility index (Phi) is 6.93. The van der Waals surface area contributed by atoms with Crippen LogP contribution in [0.3, 0.4) is 0 Å². The van der Waals surface area contributed by atoms with Crippen LogP contribution in [0.15, 0.2) is 54.6 Å². The fourth-order valence-electron chi connectivity index (χ4n) is 3.27. The second-order valence-electron chi connectivity index (χ2n) is 7.27. The van der Waals surface area contributed by atoms with Crippen LogP contribution < -0.4 is 0 Å². The van der Waals surface area contributed by atoms with Gasteiger partial charge in [-0.05, 0) is 42.9 Å². The number of ketones is 1. The van der Waals surface area contributed by atoms with E-state index in [1.807, 2.05) is 36.4 Å². The minimum absolute atomic E-state index is 0.0387. The fraction of sp³-hybridized carbons (Fsp3) is 0.348. The number of allylic oxidation sites excluding steroid dienone is 1. The molecule has 1 heterocycles. The Bertz CT molecular complexity index is 792. The number of carbonyl (C=O) groups excluding carboxylic acids is 1. The smallest absolute Gasteiger partial charge is 0.185 e. The van der Waals surface area contributed by atoms with Gasteiger partial charge in [-0.2, -0.15) is 0 Å². The van der Waals surface area contributed by atoms with E-state index in [1.165, 1.54) is 11.1 Å². The topological polar surface area (TPSA) is 32.8 Å². The standard InChI is InChI=1S/C23H28N2O2/c1-24(2)17-20-6-3-5-19(15-20)9-10-23(26)22-8-4-7-21(16-22)18-25-11-13-27-14-12-25/h3-10,15-16H,11-14,17-18H2,1-2H3/b10-9+. The molecule has 2 aromatic rings. The van der Waals surface area contributed by atoms with Crippen molar-refractivity contribution in [2.24, 2.45) is 0 Å². The second kappa shape index (κ2) is 9.60. The molecule has 2 aromatic carbocycles. The highest BCUT2D eigenvalue weighted by Gasteiger charge is 2.11. The van der Waals surface area contributed by atoms with Crippen molar-refractivity contribution in [1.82, 2.24) is 9.80 Å². The number of benzene rings is 2. The number of nitrogens with zero attached hydrogens (tertiary/aromatic N) is 2. The summed E-state index contributed by atoms with van der Waals surface area (Å²) >= 11 is 0. The summed E-state index contributed by atoms with van der Waals surface area (Å²) in [5, 5.41) is 0. The van der Waals surface area contributed by atoms with Crippen LogP contribution in [-0.4, -0.2) is 56.0 Å². The van der Waals surface area contributed by atoms with E-state index in [0.717, 1.165) is 50.5 Å². The average Bonchev–Trinajstić information content (AvgIpc) is 2.67. The van der Waals surface area contributed by atoms with E-state index in [1.54, 1.807) is 6.08 Å². The Morgan fingerprint density at radius 2 is 1.81 bits per heavy atom. The third kappa shape index (κ3) is 6.14. The summed E-state index contributed by atoms with van der Waals surface area (Å²) in [6, 6.07) is 16.2. The molecule has 0 bridgehead atoms. The molecule has 0 atom stereocenters. The highest BCUT2D eigenvalue weighted by atomic mass is 16.5. The van der Waals surface area contributed by atoms with Crippen molar-refractivity contribution in [3.63, 3.8) is 0 Å². The van der Waals surface area contributed by atoms with Gasteiger partial charge in [0.25, 0.3) is 0 Å². The lowest BCUT2D eigenvalue weighted by molar-refractivity contribution is 0.0342. The van der Waals surface area contributed by atoms with Gasteiger partial charge < -0.3 is 9.64 Å². The zero-order chi connectivity index (χ0) is 19.1. The van der Waals surface area contributed by atoms with Crippen molar-refractivity contribution in [3.8, 4) is 0 Å². The Balaban J connectivity index is 1.65. The van der Waals surface area contributed by atoms with Crippen molar-refractivity contribution < 1.29 is 9.53 Å². The van der Waals surface area contributed by atoms with Crippen LogP contribution in [0.2, 0.25) is 0 Å². The first-order valence-corrected chi connectivity index (χ1v) is 9.45. The van der Waals surface area contributed by atoms with E-state index < -0.39 is 0 Å². The van der Waals surface area contributed by atoms with Gasteiger partial charge in [0.15, 0.2) is 5.78 Å². The van der Waals surface area contributed by atoms with E-state index in [9.17, 15) is 4.79 Å². The first-order valence-electron chi connectivity index (χ1n) is 9.45. The molecule has 0 spiro atoms. The van der Waals surface area contributed by atoms with Gasteiger partial charge in [0.05, 0.1) is 13.2 Å². The van der Waals surface area contributed by atoms with E-state index in [4.69, 9.17) is 4.74 Å². The Morgan fingerprint density at radius 1 is 1.07 bits per heavy atom. The molecule has 142 valence electrons. The summed E-state index contributed by atoms with van der Waals surface area (Å²) < 4.78 is 5.40. The molecule has 0 N–H and O–H groups in total. The van der Waals surface area contributed by atoms with E-state index in [0.29, 0.717) is 0 Å². The number of morpholine rings is 1. The highest BCUT2D eigenvalue weighted by Crippen LogP contribution is 2.13. The lowest BCUT2D eigenvalue weighted by atomic mass is 10.0. The van der Waals surface area contributed by atoms with Gasteiger partial charge in [0.1, 0.15) is 0 Å². The molecule has 0 unspecified atom stereocenters. The summed E-state index contributed by atoms with van der Waals surface area (Å²) in [5.74, 6) is 0.0387. The van der Waals surface area contributed by atoms with Crippen LogP contribution in [0.1, 0.15) is 27.0 Å². The van der Waals surface area contributed by atoms with Gasteiger partial charge in [-0.3, -0.25) is 9.69 Å². The molecule has 1 saturated heterocycles. The van der Waals surface area contributed by atoms with Crippen LogP contribution in [0.5, 0.6) is 0 Å². The number of ether oxygens (including phenoxy) is 1. The van der Waals surface area contributed by atoms with Crippen LogP contribution in [0.4, 0.5) is 0 Å². The van der Waals surface area contributed by atoms with Crippen LogP contribution in [0, 0.1) is 0 Å². The van der Waals surface area contributed by atoms with Crippen LogP contribution in [0.25, 0.3) is 6.08 Å². The molecule has 4 heteroatoms. The van der Waals surface area contributed by atoms with E-state index in [2.05, 4.69) is 42.1 Å². The Labute approximate surface area is 162 Å². The molecule has 0 aliphatic carbocycles. The summed E-state index contributed by atoms with van der Waals surface area (Å²) in [6.45, 7) is 5.21. The van der Waals surface area contributed by atoms with Crippen LogP contribution in [-0.2, 0) is 17.8 Å². The zero-order valence-electron chi connectivity index (χ0n) is 16.2. The Morgan fingerprint density at radius 3 is 2.59 bits per heavy atom. The van der Waals surface area contributed by atoms with Crippen LogP contribution >= 0.6 is 0 Å². The molecule has 1 fully saturated rings. The number of hydrogen-bond acceptors (Lipinski definition) is 4. The molecule has 1 aliphatic heterocycles. The molecule has 0 aromatic heterocycles. The Hall–Kier alpha value is -2.27. The lowest BCUT2D eigenvalue weighted by Gasteiger charge is -2.26. The normalized spacial score (nSPS) is 15.5. The van der Waals surface area contributed by atoms with Gasteiger partial charge in [0.2, 0.25) is 0 Å². The number of carbonyl (C=O) groups is 1. The molecular weight excluding hydrogens is 336 g/mol. The predicted molar refractivity (Wildman–Crippen MR) is 110 cm³/mol. The van der Waals surface area contributed by atoms with Crippen molar-refractivity contribution >= 4 is 11.9 Å². The van der Waals surface area contributed by atoms with Gasteiger partial charge >= 0.3 is 0 Å². The van der Waals surface area contributed by atoms with Gasteiger partial charge in [-0.15, -0.1) is 0 Å². The third-order valence-electron chi connectivity index (χ3n) is 4.60. The molecule has 0 radical (unpaired) electrons. The quantitative estimate of drug-likeness (QED) is 0.556. The van der Waals surface area contributed by atoms with Gasteiger partial charge in [0, 0.05) is 31.7 Å². The highest BCUT2D eigenvalue weighted by molar-refractivity contribution is 6.06. The lowest BCUT2D eigenvalue weighted by Crippen LogP contribution is -2.35. The molecular formula is C23H28N2O2. The average molecular weight is 364 g/mol. The predicted octanol–water partition coefficient (Wildman–Crippen LogP) is 3.48. The van der Waals surface area contributed by atoms with Crippen molar-refractivity contribution in [2.75, 3.05) is 40.4 Å². The minimum Gasteiger partial charge on any atom is -0.379 e. The minimum atomic E-state index is 0.0387. The summed E-state index contributed by atoms with van der Waals surface area (Å²) in [4.78, 5) is 17.1. The maximum atomic E-state index is 12.6. The van der Waals surface area contributed by atoms with E-state index in [-0.39, 0.29) is 5.78 Å². The van der Waals surface area contributed by atoms with Crippen molar-refractivity contribution in [2.45, 2.75) is 13.1 Å². The van der Waals surface area contributed by atoms with Crippen molar-refractivity contribution in [1.29, 1.82) is 0 Å². The summed E-state index contributed by atoms with van der Waals surface area (Å²) in [5.41, 5.74) is 4.19. The summed E-state index contributed by atoms with van der Waals surface area (Å²) in [6.07, 6.45) is 3.57. The SMILES string of the molecule is CN(C)Cc1cccc(/C=C/C(=O)c2cccc(CN3CCOCC3)c2)c1. The maximum Gasteiger partial charge on any atom is 0.185 e. The van der Waals surface area contributed by atoms with E-state index >= 15 is 0 Å². The van der Waals surface area contributed by atoms with Gasteiger partial charge in [-0.25, -0.2) is 0 Å². The third-order valence-corrected chi connectivity index (χ3v) is 4.60. The first-order chi connectivity index (χ1) is 13.1. The number of rotatable bonds is 7. The number of hydrogen-bond donors (Lipinski definition) is 0. The molecule has 0 amide bonds. The fourth-order valence-corrected chi connectivity index (χ4v) is 3.27. The first kappa shape index (κ1) is 19.5. The summed E-state index contributed by atoms with van der Waals surface area (Å²) in [7, 11) is 4.10. The molecule has 27 heavy (non-hydrogen) atoms. The largest absolute Gasteiger partial charge is 0.379 e. The zero-order valence-corrected chi connectivity index (χ0v) is 16.2. The monoisotopic (exact) mass is 364 g/mol. The maximum absolute atomic E-state index is 12.6. The molecule has 0 saturated carbocycles. The van der Waals surface area contributed by atoms with Gasteiger partial charge in [-0.1, -0.05) is 48.5 Å². The van der Waals surface area contributed by atoms with Crippen molar-refractivity contribution in [3.05, 3.63) is 76.9 Å².